The number of rotatable bonds is 4. The van der Waals surface area contributed by atoms with Crippen molar-refractivity contribution in [2.45, 2.75) is 43.5 Å². The molecule has 0 bridgehead atoms. The van der Waals surface area contributed by atoms with E-state index < -0.39 is 35.3 Å². The molecule has 1 unspecified atom stereocenters. The van der Waals surface area contributed by atoms with Gasteiger partial charge in [-0.1, -0.05) is 0 Å². The fraction of sp³-hybridized carbons (Fsp3) is 0.765. The number of H-pyrrole nitrogens is 1. The van der Waals surface area contributed by atoms with Crippen molar-refractivity contribution in [3.05, 3.63) is 32.6 Å². The van der Waals surface area contributed by atoms with E-state index in [1.165, 1.54) is 10.8 Å². The lowest BCUT2D eigenvalue weighted by Gasteiger charge is -2.46. The summed E-state index contributed by atoms with van der Waals surface area (Å²) in [5.41, 5.74) is -1.33. The molecule has 0 amide bonds. The van der Waals surface area contributed by atoms with Crippen LogP contribution in [0.2, 0.25) is 0 Å². The summed E-state index contributed by atoms with van der Waals surface area (Å²) >= 11 is 0. The molecular formula is C17H27N3O6. The number of aryl methyl sites for hydroxylation is 1. The highest BCUT2D eigenvalue weighted by Crippen LogP contribution is 2.45. The third kappa shape index (κ3) is 2.93. The van der Waals surface area contributed by atoms with Crippen LogP contribution >= 0.6 is 0 Å². The minimum Gasteiger partial charge on any atom is -0.378 e. The molecular weight excluding hydrogens is 342 g/mol. The normalized spacial score (nSPS) is 35.3. The molecule has 26 heavy (non-hydrogen) atoms. The van der Waals surface area contributed by atoms with E-state index in [1.807, 2.05) is 7.05 Å². The van der Waals surface area contributed by atoms with Crippen LogP contribution in [0.4, 0.5) is 0 Å². The number of aromatic amines is 1. The van der Waals surface area contributed by atoms with E-state index in [1.54, 1.807) is 28.3 Å². The molecule has 2 fully saturated rings. The summed E-state index contributed by atoms with van der Waals surface area (Å²) in [4.78, 5) is 28.6. The Labute approximate surface area is 151 Å². The molecule has 9 heteroatoms. The molecule has 1 aromatic rings. The lowest BCUT2D eigenvalue weighted by molar-refractivity contribution is -0.201. The third-order valence-electron chi connectivity index (χ3n) is 5.47. The number of hydrogen-bond donors (Lipinski definition) is 1. The summed E-state index contributed by atoms with van der Waals surface area (Å²) in [7, 11) is 6.82. The molecule has 3 heterocycles. The van der Waals surface area contributed by atoms with Crippen molar-refractivity contribution in [2.24, 2.45) is 0 Å². The summed E-state index contributed by atoms with van der Waals surface area (Å²) in [6.45, 7) is 3.10. The minimum absolute atomic E-state index is 0.203. The average Bonchev–Trinajstić information content (AvgIpc) is 2.91. The van der Waals surface area contributed by atoms with Gasteiger partial charge in [-0.15, -0.1) is 0 Å². The van der Waals surface area contributed by atoms with Crippen molar-refractivity contribution in [3.8, 4) is 0 Å². The maximum absolute atomic E-state index is 12.4. The van der Waals surface area contributed by atoms with Crippen LogP contribution < -0.4 is 11.2 Å². The Kier molecular flexibility index (Phi) is 5.36. The largest absolute Gasteiger partial charge is 0.378 e. The van der Waals surface area contributed by atoms with Gasteiger partial charge >= 0.3 is 5.69 Å². The summed E-state index contributed by atoms with van der Waals surface area (Å²) in [5.74, 6) is 0. The molecule has 0 aromatic carbocycles. The first-order valence-corrected chi connectivity index (χ1v) is 8.64. The van der Waals surface area contributed by atoms with Gasteiger partial charge in [0, 0.05) is 46.2 Å². The lowest BCUT2D eigenvalue weighted by atomic mass is 9.83. The van der Waals surface area contributed by atoms with Crippen molar-refractivity contribution in [1.29, 1.82) is 0 Å². The molecule has 2 aliphatic rings. The van der Waals surface area contributed by atoms with Crippen molar-refractivity contribution < 1.29 is 18.9 Å². The SMILES string of the molecule is COC1[C@H](OC)[C@H](n2cc(C)c(=O)[nH]c2=O)O[C@@]12CN(C)CC[C@H]2OC. The first-order chi connectivity index (χ1) is 12.4. The van der Waals surface area contributed by atoms with E-state index in [0.29, 0.717) is 12.1 Å². The molecule has 146 valence electrons. The molecule has 0 saturated carbocycles. The summed E-state index contributed by atoms with van der Waals surface area (Å²) < 4.78 is 25.0. The topological polar surface area (TPSA) is 95.0 Å². The van der Waals surface area contributed by atoms with Gasteiger partial charge in [-0.3, -0.25) is 14.3 Å². The van der Waals surface area contributed by atoms with Gasteiger partial charge in [-0.05, 0) is 20.4 Å². The predicted molar refractivity (Wildman–Crippen MR) is 93.4 cm³/mol. The number of aromatic nitrogens is 2. The van der Waals surface area contributed by atoms with Crippen molar-refractivity contribution >= 4 is 0 Å². The zero-order valence-corrected chi connectivity index (χ0v) is 15.9. The average molecular weight is 369 g/mol. The number of nitrogens with zero attached hydrogens (tertiary/aromatic N) is 2. The zero-order valence-electron chi connectivity index (χ0n) is 15.9. The fourth-order valence-corrected chi connectivity index (χ4v) is 4.24. The van der Waals surface area contributed by atoms with Gasteiger partial charge in [-0.25, -0.2) is 4.79 Å². The van der Waals surface area contributed by atoms with Crippen LogP contribution in [0.25, 0.3) is 0 Å². The highest BCUT2D eigenvalue weighted by molar-refractivity contribution is 5.11. The Bertz CT molecular complexity index is 762. The van der Waals surface area contributed by atoms with Gasteiger partial charge in [0.05, 0.1) is 6.10 Å². The standard InChI is InChI=1S/C17H27N3O6/c1-10-8-20(16(22)18-14(10)21)15-12(24-4)13(25-5)17(26-15)9-19(2)7-6-11(17)23-3/h8,11-13,15H,6-7,9H2,1-5H3,(H,18,21,22)/t11-,12+,13?,15-,17-/m1/s1. The number of hydrogen-bond acceptors (Lipinski definition) is 7. The van der Waals surface area contributed by atoms with Gasteiger partial charge in [-0.2, -0.15) is 0 Å². The second-order valence-corrected chi connectivity index (χ2v) is 7.05. The van der Waals surface area contributed by atoms with Gasteiger partial charge in [0.2, 0.25) is 0 Å². The number of nitrogens with one attached hydrogen (secondary N) is 1. The highest BCUT2D eigenvalue weighted by Gasteiger charge is 2.62. The number of likely N-dealkylation sites (N-methyl/N-ethyl adjacent to an activating group) is 1. The van der Waals surface area contributed by atoms with E-state index >= 15 is 0 Å². The summed E-state index contributed by atoms with van der Waals surface area (Å²) in [6.07, 6.45) is 0.354. The van der Waals surface area contributed by atoms with Crippen LogP contribution in [0.3, 0.4) is 0 Å². The molecule has 2 aliphatic heterocycles. The Morgan fingerprint density at radius 3 is 2.58 bits per heavy atom. The molecule has 3 rings (SSSR count). The van der Waals surface area contributed by atoms with E-state index in [2.05, 4.69) is 9.88 Å². The Morgan fingerprint density at radius 1 is 1.23 bits per heavy atom. The van der Waals surface area contributed by atoms with Crippen LogP contribution in [-0.2, 0) is 18.9 Å². The van der Waals surface area contributed by atoms with Crippen molar-refractivity contribution in [2.75, 3.05) is 41.5 Å². The molecule has 2 saturated heterocycles. The molecule has 5 atom stereocenters. The van der Waals surface area contributed by atoms with E-state index in [4.69, 9.17) is 18.9 Å². The van der Waals surface area contributed by atoms with Crippen LogP contribution in [0, 0.1) is 6.92 Å². The summed E-state index contributed by atoms with van der Waals surface area (Å²) in [5, 5.41) is 0. The van der Waals surface area contributed by atoms with Gasteiger partial charge in [0.25, 0.3) is 5.56 Å². The number of likely N-dealkylation sites (tertiary alicyclic amines) is 1. The number of ether oxygens (including phenoxy) is 4. The molecule has 0 aliphatic carbocycles. The Balaban J connectivity index is 2.09. The van der Waals surface area contributed by atoms with Crippen LogP contribution in [0.1, 0.15) is 18.2 Å². The van der Waals surface area contributed by atoms with E-state index in [0.717, 1.165) is 13.0 Å². The second kappa shape index (κ2) is 7.24. The second-order valence-electron chi connectivity index (χ2n) is 7.05. The Hall–Kier alpha value is -1.52. The van der Waals surface area contributed by atoms with Crippen LogP contribution in [-0.4, -0.2) is 79.8 Å². The monoisotopic (exact) mass is 369 g/mol. The quantitative estimate of drug-likeness (QED) is 0.764. The highest BCUT2D eigenvalue weighted by atomic mass is 16.6. The summed E-state index contributed by atoms with van der Waals surface area (Å²) in [6, 6.07) is 0. The van der Waals surface area contributed by atoms with Gasteiger partial charge < -0.3 is 23.8 Å². The van der Waals surface area contributed by atoms with Gasteiger partial charge in [0.15, 0.2) is 6.23 Å². The van der Waals surface area contributed by atoms with E-state index in [-0.39, 0.29) is 6.10 Å². The number of piperidine rings is 1. The first-order valence-electron chi connectivity index (χ1n) is 8.64. The van der Waals surface area contributed by atoms with Crippen LogP contribution in [0.5, 0.6) is 0 Å². The number of methoxy groups -OCH3 is 3. The smallest absolute Gasteiger partial charge is 0.330 e. The molecule has 1 N–H and O–H groups in total. The lowest BCUT2D eigenvalue weighted by Crippen LogP contribution is -2.63. The molecule has 1 aromatic heterocycles. The molecule has 1 spiro atoms. The molecule has 0 radical (unpaired) electrons. The zero-order chi connectivity index (χ0) is 19.1. The Morgan fingerprint density at radius 2 is 1.96 bits per heavy atom. The van der Waals surface area contributed by atoms with Crippen molar-refractivity contribution in [1.82, 2.24) is 14.5 Å². The van der Waals surface area contributed by atoms with E-state index in [9.17, 15) is 9.59 Å². The molecule has 9 nitrogen and oxygen atoms in total. The maximum Gasteiger partial charge on any atom is 0.330 e. The third-order valence-corrected chi connectivity index (χ3v) is 5.47. The first kappa shape index (κ1) is 19.2. The fourth-order valence-electron chi connectivity index (χ4n) is 4.24. The van der Waals surface area contributed by atoms with Gasteiger partial charge in [0.1, 0.15) is 17.8 Å². The van der Waals surface area contributed by atoms with Crippen molar-refractivity contribution in [3.63, 3.8) is 0 Å². The van der Waals surface area contributed by atoms with Crippen LogP contribution in [0.15, 0.2) is 15.8 Å². The predicted octanol–water partition coefficient (Wildman–Crippen LogP) is -0.507. The minimum atomic E-state index is -0.786. The maximum atomic E-state index is 12.4.